The first-order valence-corrected chi connectivity index (χ1v) is 23.9. The van der Waals surface area contributed by atoms with Gasteiger partial charge in [-0.1, -0.05) is 34.1 Å². The predicted molar refractivity (Wildman–Crippen MR) is 260 cm³/mol. The highest BCUT2D eigenvalue weighted by atomic mass is 16.4. The number of primary amides is 4. The van der Waals surface area contributed by atoms with Gasteiger partial charge in [0.15, 0.2) is 0 Å². The van der Waals surface area contributed by atoms with E-state index in [2.05, 4.69) is 37.2 Å². The molecule has 0 aliphatic carbocycles. The Morgan fingerprint density at radius 2 is 0.737 bits per heavy atom. The van der Waals surface area contributed by atoms with Gasteiger partial charge in [-0.05, 0) is 50.4 Å². The Morgan fingerprint density at radius 3 is 1.09 bits per heavy atom. The molecule has 0 bridgehead atoms. The second-order valence-corrected chi connectivity index (χ2v) is 18.1. The molecule has 0 aromatic carbocycles. The number of nitrogens with one attached hydrogen (secondary N) is 8. The van der Waals surface area contributed by atoms with E-state index < -0.39 is 219 Å². The van der Waals surface area contributed by atoms with Gasteiger partial charge in [0.1, 0.15) is 48.3 Å². The number of amides is 12. The van der Waals surface area contributed by atoms with Crippen LogP contribution in [0.4, 0.5) is 0 Å². The van der Waals surface area contributed by atoms with Crippen LogP contribution in [0.5, 0.6) is 0 Å². The Labute approximate surface area is 435 Å². The summed E-state index contributed by atoms with van der Waals surface area (Å²) in [7, 11) is 0. The van der Waals surface area contributed by atoms with Crippen molar-refractivity contribution in [3.8, 4) is 0 Å². The first-order valence-electron chi connectivity index (χ1n) is 23.9. The minimum Gasteiger partial charge on any atom is -0.481 e. The number of hydrogen-bond acceptors (Lipinski definition) is 17. The Balaban J connectivity index is 6.78. The largest absolute Gasteiger partial charge is 0.481 e. The minimum absolute atomic E-state index is 0.154. The number of carbonyl (C=O) groups excluding carboxylic acids is 12. The summed E-state index contributed by atoms with van der Waals surface area (Å²) >= 11 is 0. The van der Waals surface area contributed by atoms with Crippen molar-refractivity contribution in [2.75, 3.05) is 6.61 Å². The highest BCUT2D eigenvalue weighted by molar-refractivity contribution is 5.99. The standard InChI is InChI=1S/C44H73N13O19/c1-5-20(4)35(57-42(73)28(18-58)56-40(71)22(7-12-30(47)60)50-36(67)21(45)6-11-29(46)59)43(74)53-25(10-15-34(65)66)37(68)51-23(8-13-31(48)61)38(69)54-26(16-19(2)3)41(72)52-24(9-14-33(63)64)39(70)55-27(44(75)76)17-32(49)62/h19-28,35,58H,5-18,45H2,1-4H3,(H2,46,59)(H2,47,60)(H2,48,61)(H2,49,62)(H,50,67)(H,51,68)(H,52,72)(H,53,74)(H,54,69)(H,55,70)(H,56,71)(H,57,73)(H,63,64)(H,65,66)(H,75,76)/t20-,21-,22-,23-,24-,25-,26-,27-,28-,35-/m0/s1. The molecule has 0 saturated heterocycles. The van der Waals surface area contributed by atoms with Crippen LogP contribution < -0.4 is 71.2 Å². The molecule has 0 saturated carbocycles. The summed E-state index contributed by atoms with van der Waals surface area (Å²) in [5.41, 5.74) is 26.5. The third-order valence-electron chi connectivity index (χ3n) is 11.2. The number of rotatable bonds is 39. The first-order chi connectivity index (χ1) is 35.3. The van der Waals surface area contributed by atoms with Crippen molar-refractivity contribution in [1.82, 2.24) is 42.5 Å². The zero-order valence-electron chi connectivity index (χ0n) is 42.5. The summed E-state index contributed by atoms with van der Waals surface area (Å²) in [6.45, 7) is 5.19. The lowest BCUT2D eigenvalue weighted by Crippen LogP contribution is -2.61. The lowest BCUT2D eigenvalue weighted by atomic mass is 9.97. The van der Waals surface area contributed by atoms with E-state index >= 15 is 0 Å². The van der Waals surface area contributed by atoms with E-state index in [1.165, 1.54) is 6.92 Å². The van der Waals surface area contributed by atoms with Crippen molar-refractivity contribution in [2.45, 2.75) is 166 Å². The summed E-state index contributed by atoms with van der Waals surface area (Å²) in [6.07, 6.45) is -6.20. The SMILES string of the molecule is CC[C@H](C)[C@H](NC(=O)[C@H](CO)NC(=O)[C@H](CCC(N)=O)NC(=O)[C@@H](N)CCC(N)=O)C(=O)N[C@@H](CCC(=O)O)C(=O)N[C@@H](CCC(N)=O)C(=O)N[C@@H](CC(C)C)C(=O)N[C@@H](CCC(=O)O)C(=O)N[C@@H](CC(N)=O)C(=O)O. The zero-order chi connectivity index (χ0) is 58.6. The highest BCUT2D eigenvalue weighted by Crippen LogP contribution is 2.13. The lowest BCUT2D eigenvalue weighted by molar-refractivity contribution is -0.144. The first kappa shape index (κ1) is 68.0. The summed E-state index contributed by atoms with van der Waals surface area (Å²) in [5.74, 6) is -18.6. The molecule has 0 aromatic rings. The average molecular weight is 1090 g/mol. The van der Waals surface area contributed by atoms with Gasteiger partial charge < -0.3 is 91.6 Å². The molecule has 76 heavy (non-hydrogen) atoms. The van der Waals surface area contributed by atoms with Gasteiger partial charge in [-0.2, -0.15) is 0 Å². The fourth-order valence-corrected chi connectivity index (χ4v) is 6.77. The Morgan fingerprint density at radius 1 is 0.408 bits per heavy atom. The second-order valence-electron chi connectivity index (χ2n) is 18.1. The van der Waals surface area contributed by atoms with E-state index in [1.54, 1.807) is 20.8 Å². The Kier molecular flexibility index (Phi) is 30.8. The van der Waals surface area contributed by atoms with Gasteiger partial charge >= 0.3 is 17.9 Å². The number of carbonyl (C=O) groups is 15. The average Bonchev–Trinajstić information content (AvgIpc) is 3.32. The molecule has 32 nitrogen and oxygen atoms in total. The van der Waals surface area contributed by atoms with Crippen molar-refractivity contribution < 1.29 is 92.3 Å². The molecular formula is C44H73N13O19. The third-order valence-corrected chi connectivity index (χ3v) is 11.2. The molecule has 22 N–H and O–H groups in total. The van der Waals surface area contributed by atoms with Crippen LogP contribution in [0.15, 0.2) is 0 Å². The Bertz CT molecular complexity index is 2130. The van der Waals surface area contributed by atoms with Crippen molar-refractivity contribution in [2.24, 2.45) is 40.5 Å². The normalized spacial score (nSPS) is 14.9. The molecule has 0 aliphatic heterocycles. The fraction of sp³-hybridized carbons (Fsp3) is 0.659. The summed E-state index contributed by atoms with van der Waals surface area (Å²) in [4.78, 5) is 189. The highest BCUT2D eigenvalue weighted by Gasteiger charge is 2.37. The number of aliphatic hydroxyl groups excluding tert-OH is 1. The van der Waals surface area contributed by atoms with Crippen LogP contribution in [0.2, 0.25) is 0 Å². The maximum absolute atomic E-state index is 14.0. The minimum atomic E-state index is -1.88. The molecule has 0 aromatic heterocycles. The third kappa shape index (κ3) is 27.3. The van der Waals surface area contributed by atoms with Crippen molar-refractivity contribution in [1.29, 1.82) is 0 Å². The number of aliphatic hydroxyl groups is 1. The maximum Gasteiger partial charge on any atom is 0.326 e. The monoisotopic (exact) mass is 1090 g/mol. The van der Waals surface area contributed by atoms with E-state index in [1.807, 2.05) is 5.32 Å². The number of aliphatic carboxylic acids is 3. The van der Waals surface area contributed by atoms with E-state index in [-0.39, 0.29) is 25.7 Å². The van der Waals surface area contributed by atoms with Crippen LogP contribution >= 0.6 is 0 Å². The number of nitrogens with two attached hydrogens (primary N) is 5. The van der Waals surface area contributed by atoms with E-state index in [9.17, 15) is 92.3 Å². The smallest absolute Gasteiger partial charge is 0.326 e. The zero-order valence-corrected chi connectivity index (χ0v) is 42.5. The molecule has 0 heterocycles. The quantitative estimate of drug-likeness (QED) is 0.0272. The van der Waals surface area contributed by atoms with Gasteiger partial charge in [0.25, 0.3) is 0 Å². The number of hydrogen-bond donors (Lipinski definition) is 17. The fourth-order valence-electron chi connectivity index (χ4n) is 6.77. The molecule has 0 radical (unpaired) electrons. The van der Waals surface area contributed by atoms with Gasteiger partial charge in [-0.25, -0.2) is 4.79 Å². The van der Waals surface area contributed by atoms with Gasteiger partial charge in [-0.15, -0.1) is 0 Å². The van der Waals surface area contributed by atoms with Crippen LogP contribution in [0.3, 0.4) is 0 Å². The predicted octanol–water partition coefficient (Wildman–Crippen LogP) is -7.24. The summed E-state index contributed by atoms with van der Waals surface area (Å²) in [6, 6.07) is -15.2. The topological polar surface area (TPSA) is 563 Å². The molecule has 428 valence electrons. The van der Waals surface area contributed by atoms with Crippen molar-refractivity contribution in [3.63, 3.8) is 0 Å². The molecule has 0 spiro atoms. The molecule has 0 rings (SSSR count). The molecule has 0 fully saturated rings. The van der Waals surface area contributed by atoms with Crippen LogP contribution in [0, 0.1) is 11.8 Å². The van der Waals surface area contributed by atoms with E-state index in [4.69, 9.17) is 28.7 Å². The van der Waals surface area contributed by atoms with Crippen LogP contribution in [0.1, 0.15) is 111 Å². The molecule has 10 atom stereocenters. The van der Waals surface area contributed by atoms with E-state index in [0.29, 0.717) is 0 Å². The number of carboxylic acids is 3. The van der Waals surface area contributed by atoms with Crippen LogP contribution in [-0.4, -0.2) is 170 Å². The van der Waals surface area contributed by atoms with E-state index in [0.717, 1.165) is 0 Å². The van der Waals surface area contributed by atoms with Crippen molar-refractivity contribution >= 4 is 88.8 Å². The Hall–Kier alpha value is -8.03. The van der Waals surface area contributed by atoms with Gasteiger partial charge in [0, 0.05) is 32.1 Å². The second kappa shape index (κ2) is 34.5. The summed E-state index contributed by atoms with van der Waals surface area (Å²) < 4.78 is 0. The van der Waals surface area contributed by atoms with Gasteiger partial charge in [0.2, 0.25) is 70.9 Å². The lowest BCUT2D eigenvalue weighted by Gasteiger charge is -2.29. The van der Waals surface area contributed by atoms with Crippen LogP contribution in [0.25, 0.3) is 0 Å². The molecule has 0 aliphatic rings. The summed E-state index contributed by atoms with van der Waals surface area (Å²) in [5, 5.41) is 56.5. The van der Waals surface area contributed by atoms with Gasteiger partial charge in [-0.3, -0.25) is 67.1 Å². The van der Waals surface area contributed by atoms with Crippen molar-refractivity contribution in [3.05, 3.63) is 0 Å². The molecular weight excluding hydrogens is 1010 g/mol. The number of carboxylic acid groups (broad SMARTS) is 3. The van der Waals surface area contributed by atoms with Gasteiger partial charge in [0.05, 0.1) is 19.1 Å². The molecule has 0 unspecified atom stereocenters. The van der Waals surface area contributed by atoms with Crippen LogP contribution in [-0.2, 0) is 71.9 Å². The molecule has 12 amide bonds. The molecule has 32 heteroatoms. The maximum atomic E-state index is 14.0.